The van der Waals surface area contributed by atoms with Crippen molar-refractivity contribution >= 4 is 65.4 Å². The van der Waals surface area contributed by atoms with Gasteiger partial charge in [0.25, 0.3) is 0 Å². The largest absolute Gasteiger partial charge is 0.456 e. The van der Waals surface area contributed by atoms with E-state index in [2.05, 4.69) is 78.9 Å². The van der Waals surface area contributed by atoms with Crippen LogP contribution in [0.5, 0.6) is 0 Å². The molecular formula is C46H26N4O2. The lowest BCUT2D eigenvalue weighted by molar-refractivity contribution is 0.669. The summed E-state index contributed by atoms with van der Waals surface area (Å²) in [5.74, 6) is 1.55. The van der Waals surface area contributed by atoms with Gasteiger partial charge >= 0.3 is 0 Å². The molecule has 0 N–H and O–H groups in total. The van der Waals surface area contributed by atoms with Gasteiger partial charge in [0.15, 0.2) is 17.5 Å². The van der Waals surface area contributed by atoms with Crippen LogP contribution < -0.4 is 0 Å². The van der Waals surface area contributed by atoms with E-state index in [0.717, 1.165) is 82.3 Å². The molecule has 0 saturated carbocycles. The highest BCUT2D eigenvalue weighted by Crippen LogP contribution is 2.43. The van der Waals surface area contributed by atoms with Gasteiger partial charge in [-0.3, -0.25) is 4.98 Å². The molecule has 7 aromatic carbocycles. The van der Waals surface area contributed by atoms with E-state index in [0.29, 0.717) is 23.2 Å². The third-order valence-corrected chi connectivity index (χ3v) is 9.94. The Kier molecular flexibility index (Phi) is 6.15. The summed E-state index contributed by atoms with van der Waals surface area (Å²) in [5, 5.41) is 8.30. The molecule has 4 aromatic heterocycles. The summed E-state index contributed by atoms with van der Waals surface area (Å²) < 4.78 is 13.1. The first-order valence-electron chi connectivity index (χ1n) is 17.2. The molecule has 11 aromatic rings. The second-order valence-electron chi connectivity index (χ2n) is 13.0. The molecule has 0 atom stereocenters. The Hall–Kier alpha value is -7.18. The molecule has 52 heavy (non-hydrogen) atoms. The number of pyridine rings is 1. The molecule has 6 heteroatoms. The predicted octanol–water partition coefficient (Wildman–Crippen LogP) is 12.0. The summed E-state index contributed by atoms with van der Waals surface area (Å²) in [4.78, 5) is 20.6. The van der Waals surface area contributed by atoms with Crippen molar-refractivity contribution in [3.63, 3.8) is 0 Å². The van der Waals surface area contributed by atoms with Gasteiger partial charge in [0, 0.05) is 39.0 Å². The van der Waals surface area contributed by atoms with E-state index in [4.69, 9.17) is 28.8 Å². The molecule has 242 valence electrons. The van der Waals surface area contributed by atoms with Crippen LogP contribution in [0.1, 0.15) is 0 Å². The lowest BCUT2D eigenvalue weighted by atomic mass is 9.99. The summed E-state index contributed by atoms with van der Waals surface area (Å²) in [5.41, 5.74) is 7.37. The van der Waals surface area contributed by atoms with Gasteiger partial charge in [-0.2, -0.15) is 0 Å². The molecule has 6 nitrogen and oxygen atoms in total. The van der Waals surface area contributed by atoms with Crippen LogP contribution in [0.3, 0.4) is 0 Å². The summed E-state index contributed by atoms with van der Waals surface area (Å²) in [6, 6.07) is 51.5. The lowest BCUT2D eigenvalue weighted by Crippen LogP contribution is -2.02. The Balaban J connectivity index is 1.22. The number of furan rings is 2. The molecule has 0 amide bonds. The molecule has 0 unspecified atom stereocenters. The molecule has 0 fully saturated rings. The third-order valence-electron chi connectivity index (χ3n) is 9.94. The maximum Gasteiger partial charge on any atom is 0.183 e. The zero-order valence-electron chi connectivity index (χ0n) is 27.6. The number of fused-ring (bicyclic) bond motifs is 8. The number of para-hydroxylation sites is 1. The molecule has 0 saturated heterocycles. The summed E-state index contributed by atoms with van der Waals surface area (Å²) in [6.45, 7) is 0. The van der Waals surface area contributed by atoms with Gasteiger partial charge in [0.2, 0.25) is 0 Å². The van der Waals surface area contributed by atoms with Crippen molar-refractivity contribution < 1.29 is 8.83 Å². The quantitative estimate of drug-likeness (QED) is 0.186. The summed E-state index contributed by atoms with van der Waals surface area (Å²) in [6.07, 6.45) is 1.89. The first-order valence-corrected chi connectivity index (χ1v) is 17.2. The monoisotopic (exact) mass is 666 g/mol. The zero-order valence-corrected chi connectivity index (χ0v) is 27.6. The van der Waals surface area contributed by atoms with Gasteiger partial charge in [-0.1, -0.05) is 121 Å². The molecule has 0 aliphatic heterocycles. The van der Waals surface area contributed by atoms with Crippen LogP contribution in [0.4, 0.5) is 0 Å². The Morgan fingerprint density at radius 2 is 1.08 bits per heavy atom. The van der Waals surface area contributed by atoms with Gasteiger partial charge in [-0.25, -0.2) is 15.0 Å². The number of benzene rings is 7. The van der Waals surface area contributed by atoms with Gasteiger partial charge in [-0.05, 0) is 57.4 Å². The van der Waals surface area contributed by atoms with E-state index in [1.165, 1.54) is 5.39 Å². The normalized spacial score (nSPS) is 11.8. The van der Waals surface area contributed by atoms with Crippen molar-refractivity contribution in [3.8, 4) is 45.4 Å². The minimum Gasteiger partial charge on any atom is -0.456 e. The van der Waals surface area contributed by atoms with E-state index in [9.17, 15) is 0 Å². The molecule has 0 radical (unpaired) electrons. The van der Waals surface area contributed by atoms with Gasteiger partial charge in [0.05, 0.1) is 5.39 Å². The van der Waals surface area contributed by atoms with Gasteiger partial charge in [-0.15, -0.1) is 0 Å². The van der Waals surface area contributed by atoms with Crippen molar-refractivity contribution in [1.82, 2.24) is 19.9 Å². The van der Waals surface area contributed by atoms with E-state index in [1.54, 1.807) is 0 Å². The molecular weight excluding hydrogens is 641 g/mol. The minimum atomic E-state index is 0.458. The zero-order chi connectivity index (χ0) is 34.2. The number of aromatic nitrogens is 4. The molecule has 0 bridgehead atoms. The van der Waals surface area contributed by atoms with Crippen LogP contribution in [-0.2, 0) is 0 Å². The third kappa shape index (κ3) is 4.44. The van der Waals surface area contributed by atoms with Crippen molar-refractivity contribution in [2.24, 2.45) is 0 Å². The second-order valence-corrected chi connectivity index (χ2v) is 13.0. The van der Waals surface area contributed by atoms with Crippen LogP contribution >= 0.6 is 0 Å². The maximum absolute atomic E-state index is 6.82. The number of nitrogens with zero attached hydrogens (tertiary/aromatic N) is 4. The smallest absolute Gasteiger partial charge is 0.183 e. The first-order chi connectivity index (χ1) is 25.7. The fraction of sp³-hybridized carbons (Fsp3) is 0. The second kappa shape index (κ2) is 11.2. The van der Waals surface area contributed by atoms with Crippen molar-refractivity contribution in [1.29, 1.82) is 0 Å². The van der Waals surface area contributed by atoms with Crippen molar-refractivity contribution in [3.05, 3.63) is 158 Å². The Bertz CT molecular complexity index is 3200. The van der Waals surface area contributed by atoms with Crippen LogP contribution in [0.2, 0.25) is 0 Å². The number of hydrogen-bond donors (Lipinski definition) is 0. The van der Waals surface area contributed by atoms with Gasteiger partial charge < -0.3 is 8.83 Å². The highest BCUT2D eigenvalue weighted by atomic mass is 16.3. The summed E-state index contributed by atoms with van der Waals surface area (Å²) in [7, 11) is 0. The van der Waals surface area contributed by atoms with Crippen LogP contribution in [0.15, 0.2) is 167 Å². The molecule has 0 aliphatic carbocycles. The first kappa shape index (κ1) is 28.6. The fourth-order valence-electron chi connectivity index (χ4n) is 7.47. The van der Waals surface area contributed by atoms with Crippen molar-refractivity contribution in [2.45, 2.75) is 0 Å². The van der Waals surface area contributed by atoms with E-state index >= 15 is 0 Å². The van der Waals surface area contributed by atoms with Crippen LogP contribution in [0, 0.1) is 0 Å². The standard InChI is InChI=1S/C46H26N4O2/c1-2-12-28(13-3-1)44-48-45(34-18-10-20-38-40(34)33-17-8-9-19-37(33)51-38)50-46(49-44)42-41-35-24-30-15-6-7-16-31(30)25-39(35)52-43(41)36(26-47-42)32-22-21-27-11-4-5-14-29(27)23-32/h1-26H. The highest BCUT2D eigenvalue weighted by molar-refractivity contribution is 6.18. The average molecular weight is 667 g/mol. The SMILES string of the molecule is c1ccc(-c2nc(-c3cccc4oc5ccccc5c34)nc(-c3ncc(-c4ccc5ccccc5c4)c4oc5cc6ccccc6cc5c34)n2)cc1. The molecule has 0 spiro atoms. The maximum atomic E-state index is 6.82. The van der Waals surface area contributed by atoms with E-state index in [1.807, 2.05) is 79.0 Å². The fourth-order valence-corrected chi connectivity index (χ4v) is 7.47. The van der Waals surface area contributed by atoms with Crippen LogP contribution in [0.25, 0.3) is 111 Å². The highest BCUT2D eigenvalue weighted by Gasteiger charge is 2.23. The van der Waals surface area contributed by atoms with Gasteiger partial charge in [0.1, 0.15) is 28.0 Å². The van der Waals surface area contributed by atoms with Crippen LogP contribution in [-0.4, -0.2) is 19.9 Å². The van der Waals surface area contributed by atoms with Crippen molar-refractivity contribution in [2.75, 3.05) is 0 Å². The molecule has 0 aliphatic rings. The van der Waals surface area contributed by atoms with E-state index in [-0.39, 0.29) is 0 Å². The molecule has 4 heterocycles. The topological polar surface area (TPSA) is 77.8 Å². The molecule has 11 rings (SSSR count). The Morgan fingerprint density at radius 1 is 0.385 bits per heavy atom. The minimum absolute atomic E-state index is 0.458. The Labute approximate surface area is 296 Å². The Morgan fingerprint density at radius 3 is 1.94 bits per heavy atom. The number of hydrogen-bond acceptors (Lipinski definition) is 6. The predicted molar refractivity (Wildman–Crippen MR) is 209 cm³/mol. The number of rotatable bonds is 4. The average Bonchev–Trinajstić information content (AvgIpc) is 3.78. The summed E-state index contributed by atoms with van der Waals surface area (Å²) >= 11 is 0. The van der Waals surface area contributed by atoms with E-state index < -0.39 is 0 Å². The lowest BCUT2D eigenvalue weighted by Gasteiger charge is -2.11.